The Morgan fingerprint density at radius 1 is 1.45 bits per heavy atom. The molecule has 1 fully saturated rings. The van der Waals surface area contributed by atoms with Gasteiger partial charge in [-0.1, -0.05) is 6.92 Å². The van der Waals surface area contributed by atoms with Crippen LogP contribution in [0.2, 0.25) is 0 Å². The van der Waals surface area contributed by atoms with Crippen LogP contribution >= 0.6 is 0 Å². The Balaban J connectivity index is 1.89. The van der Waals surface area contributed by atoms with Crippen LogP contribution in [0.5, 0.6) is 0 Å². The van der Waals surface area contributed by atoms with Crippen LogP contribution in [-0.2, 0) is 9.47 Å². The van der Waals surface area contributed by atoms with Gasteiger partial charge in [-0.15, -0.1) is 0 Å². The van der Waals surface area contributed by atoms with Gasteiger partial charge in [0.2, 0.25) is 0 Å². The molecule has 0 aromatic carbocycles. The summed E-state index contributed by atoms with van der Waals surface area (Å²) in [6.07, 6.45) is 3.66. The number of aromatic nitrogens is 1. The minimum Gasteiger partial charge on any atom is -0.462 e. The second kappa shape index (κ2) is 6.70. The zero-order chi connectivity index (χ0) is 14.4. The fourth-order valence-corrected chi connectivity index (χ4v) is 2.18. The minimum absolute atomic E-state index is 0.250. The van der Waals surface area contributed by atoms with Crippen molar-refractivity contribution in [1.82, 2.24) is 4.98 Å². The molecule has 0 spiro atoms. The summed E-state index contributed by atoms with van der Waals surface area (Å²) in [5.74, 6) is 0.453. The third-order valence-electron chi connectivity index (χ3n) is 3.67. The molecule has 1 aromatic heterocycles. The average Bonchev–Trinajstić information content (AvgIpc) is 2.47. The highest BCUT2D eigenvalue weighted by Crippen LogP contribution is 2.29. The molecule has 5 nitrogen and oxygen atoms in total. The monoisotopic (exact) mass is 278 g/mol. The predicted molar refractivity (Wildman–Crippen MR) is 76.8 cm³/mol. The summed E-state index contributed by atoms with van der Waals surface area (Å²) in [5, 5.41) is 3.33. The highest BCUT2D eigenvalue weighted by Gasteiger charge is 2.27. The van der Waals surface area contributed by atoms with Crippen LogP contribution < -0.4 is 5.32 Å². The van der Waals surface area contributed by atoms with Gasteiger partial charge in [0.25, 0.3) is 0 Å². The van der Waals surface area contributed by atoms with Crippen LogP contribution in [0.15, 0.2) is 18.3 Å². The van der Waals surface area contributed by atoms with Gasteiger partial charge in [0.05, 0.1) is 12.2 Å². The normalized spacial score (nSPS) is 17.5. The van der Waals surface area contributed by atoms with Gasteiger partial charge in [-0.3, -0.25) is 0 Å². The maximum Gasteiger partial charge on any atom is 0.339 e. The van der Waals surface area contributed by atoms with Crippen LogP contribution in [0.25, 0.3) is 0 Å². The van der Waals surface area contributed by atoms with Gasteiger partial charge in [0.1, 0.15) is 5.82 Å². The number of rotatable bonds is 5. The Kier molecular flexibility index (Phi) is 4.95. The number of pyridine rings is 1. The van der Waals surface area contributed by atoms with Crippen molar-refractivity contribution >= 4 is 11.8 Å². The van der Waals surface area contributed by atoms with Crippen molar-refractivity contribution < 1.29 is 14.3 Å². The maximum absolute atomic E-state index is 11.5. The smallest absolute Gasteiger partial charge is 0.339 e. The molecule has 2 heterocycles. The molecule has 2 rings (SSSR count). The quantitative estimate of drug-likeness (QED) is 0.838. The lowest BCUT2D eigenvalue weighted by Gasteiger charge is -2.33. The molecule has 110 valence electrons. The zero-order valence-corrected chi connectivity index (χ0v) is 12.1. The molecule has 1 aliphatic heterocycles. The molecule has 20 heavy (non-hydrogen) atoms. The van der Waals surface area contributed by atoms with E-state index >= 15 is 0 Å². The van der Waals surface area contributed by atoms with E-state index in [9.17, 15) is 4.79 Å². The molecule has 0 radical (unpaired) electrons. The van der Waals surface area contributed by atoms with E-state index < -0.39 is 0 Å². The highest BCUT2D eigenvalue weighted by atomic mass is 16.5. The summed E-state index contributed by atoms with van der Waals surface area (Å²) < 4.78 is 10.3. The summed E-state index contributed by atoms with van der Waals surface area (Å²) in [7, 11) is 0. The standard InChI is InChI=1S/C15H22N2O3/c1-3-20-14(18)12-4-5-13(16-10-12)17-11-15(2)6-8-19-9-7-15/h4-5,10H,3,6-9,11H2,1-2H3,(H,16,17). The molecule has 0 atom stereocenters. The lowest BCUT2D eigenvalue weighted by atomic mass is 9.82. The van der Waals surface area contributed by atoms with Crippen LogP contribution in [0, 0.1) is 5.41 Å². The summed E-state index contributed by atoms with van der Waals surface area (Å²) in [4.78, 5) is 15.8. The Hall–Kier alpha value is -1.62. The average molecular weight is 278 g/mol. The van der Waals surface area contributed by atoms with E-state index in [-0.39, 0.29) is 11.4 Å². The van der Waals surface area contributed by atoms with Crippen LogP contribution in [0.4, 0.5) is 5.82 Å². The van der Waals surface area contributed by atoms with Gasteiger partial charge in [0.15, 0.2) is 0 Å². The van der Waals surface area contributed by atoms with E-state index in [1.807, 2.05) is 6.07 Å². The van der Waals surface area contributed by atoms with Gasteiger partial charge in [-0.25, -0.2) is 9.78 Å². The van der Waals surface area contributed by atoms with Crippen molar-refractivity contribution in [3.63, 3.8) is 0 Å². The first-order chi connectivity index (χ1) is 9.63. The third kappa shape index (κ3) is 3.93. The molecule has 0 amide bonds. The first-order valence-corrected chi connectivity index (χ1v) is 7.08. The number of anilines is 1. The van der Waals surface area contributed by atoms with E-state index in [0.29, 0.717) is 12.2 Å². The summed E-state index contributed by atoms with van der Waals surface area (Å²) in [6.45, 7) is 6.94. The lowest BCUT2D eigenvalue weighted by Crippen LogP contribution is -2.33. The highest BCUT2D eigenvalue weighted by molar-refractivity contribution is 5.89. The number of carbonyl (C=O) groups is 1. The van der Waals surface area contributed by atoms with Gasteiger partial charge in [-0.05, 0) is 37.3 Å². The van der Waals surface area contributed by atoms with E-state index in [0.717, 1.165) is 38.4 Å². The molecular weight excluding hydrogens is 256 g/mol. The molecular formula is C15H22N2O3. The van der Waals surface area contributed by atoms with Crippen molar-refractivity contribution in [1.29, 1.82) is 0 Å². The fourth-order valence-electron chi connectivity index (χ4n) is 2.18. The molecule has 1 aliphatic rings. The SMILES string of the molecule is CCOC(=O)c1ccc(NCC2(C)CCOCC2)nc1. The molecule has 1 saturated heterocycles. The number of esters is 1. The van der Waals surface area contributed by atoms with Crippen molar-refractivity contribution in [3.05, 3.63) is 23.9 Å². The summed E-state index contributed by atoms with van der Waals surface area (Å²) in [6, 6.07) is 3.55. The van der Waals surface area contributed by atoms with Crippen LogP contribution in [0.1, 0.15) is 37.0 Å². The Morgan fingerprint density at radius 2 is 2.20 bits per heavy atom. The molecule has 0 saturated carbocycles. The topological polar surface area (TPSA) is 60.5 Å². The largest absolute Gasteiger partial charge is 0.462 e. The number of carbonyl (C=O) groups excluding carboxylic acids is 1. The second-order valence-corrected chi connectivity index (χ2v) is 5.43. The zero-order valence-electron chi connectivity index (χ0n) is 12.1. The van der Waals surface area contributed by atoms with Gasteiger partial charge in [0, 0.05) is 26.0 Å². The number of hydrogen-bond donors (Lipinski definition) is 1. The first-order valence-electron chi connectivity index (χ1n) is 7.08. The van der Waals surface area contributed by atoms with Crippen molar-refractivity contribution in [2.75, 3.05) is 31.7 Å². The first kappa shape index (κ1) is 14.8. The van der Waals surface area contributed by atoms with E-state index in [4.69, 9.17) is 9.47 Å². The number of nitrogens with one attached hydrogen (secondary N) is 1. The molecule has 0 bridgehead atoms. The summed E-state index contributed by atoms with van der Waals surface area (Å²) >= 11 is 0. The van der Waals surface area contributed by atoms with Crippen molar-refractivity contribution in [3.8, 4) is 0 Å². The Bertz CT molecular complexity index is 439. The number of nitrogens with zero attached hydrogens (tertiary/aromatic N) is 1. The van der Waals surface area contributed by atoms with Crippen molar-refractivity contribution in [2.24, 2.45) is 5.41 Å². The molecule has 1 aromatic rings. The van der Waals surface area contributed by atoms with Gasteiger partial charge in [-0.2, -0.15) is 0 Å². The van der Waals surface area contributed by atoms with Gasteiger partial charge >= 0.3 is 5.97 Å². The summed E-state index contributed by atoms with van der Waals surface area (Å²) in [5.41, 5.74) is 0.731. The van der Waals surface area contributed by atoms with E-state index in [1.54, 1.807) is 19.2 Å². The molecule has 5 heteroatoms. The predicted octanol–water partition coefficient (Wildman–Crippen LogP) is 2.49. The van der Waals surface area contributed by atoms with Crippen LogP contribution in [-0.4, -0.2) is 37.3 Å². The molecule has 0 unspecified atom stereocenters. The molecule has 0 aliphatic carbocycles. The Morgan fingerprint density at radius 3 is 2.80 bits per heavy atom. The maximum atomic E-state index is 11.5. The third-order valence-corrected chi connectivity index (χ3v) is 3.67. The van der Waals surface area contributed by atoms with E-state index in [2.05, 4.69) is 17.2 Å². The van der Waals surface area contributed by atoms with E-state index in [1.165, 1.54) is 0 Å². The fraction of sp³-hybridized carbons (Fsp3) is 0.600. The van der Waals surface area contributed by atoms with Crippen molar-refractivity contribution in [2.45, 2.75) is 26.7 Å². The molecule has 1 N–H and O–H groups in total. The second-order valence-electron chi connectivity index (χ2n) is 5.43. The number of ether oxygens (including phenoxy) is 2. The Labute approximate surface area is 119 Å². The van der Waals surface area contributed by atoms with Crippen LogP contribution in [0.3, 0.4) is 0 Å². The lowest BCUT2D eigenvalue weighted by molar-refractivity contribution is 0.0299. The minimum atomic E-state index is -0.331. The number of hydrogen-bond acceptors (Lipinski definition) is 5. The van der Waals surface area contributed by atoms with Gasteiger partial charge < -0.3 is 14.8 Å².